The molecule has 1 aromatic carbocycles. The topological polar surface area (TPSA) is 57.2 Å². The highest BCUT2D eigenvalue weighted by Crippen LogP contribution is 2.35. The van der Waals surface area contributed by atoms with Crippen LogP contribution in [-0.2, 0) is 0 Å². The number of hydrogen-bond acceptors (Lipinski definition) is 3. The number of nitriles is 1. The number of aryl methyl sites for hydroxylation is 2. The zero-order valence-corrected chi connectivity index (χ0v) is 17.1. The van der Waals surface area contributed by atoms with Crippen LogP contribution in [0.4, 0.5) is 4.39 Å². The quantitative estimate of drug-likeness (QED) is 0.660. The molecule has 0 spiro atoms. The monoisotopic (exact) mass is 390 g/mol. The van der Waals surface area contributed by atoms with E-state index in [1.165, 1.54) is 12.1 Å². The molecule has 1 aliphatic heterocycles. The number of hydrogen-bond donors (Lipinski definition) is 0. The zero-order valence-electron chi connectivity index (χ0n) is 17.1. The van der Waals surface area contributed by atoms with Crippen molar-refractivity contribution in [2.24, 2.45) is 5.41 Å². The largest absolute Gasteiger partial charge is 0.466 e. The number of carbonyl (C=O) groups is 1. The molecule has 1 amide bonds. The number of furan rings is 1. The Labute approximate surface area is 170 Å². The van der Waals surface area contributed by atoms with Gasteiger partial charge in [0, 0.05) is 24.1 Å². The molecule has 1 saturated heterocycles. The molecular weight excluding hydrogens is 367 g/mol. The van der Waals surface area contributed by atoms with Gasteiger partial charge in [-0.15, -0.1) is 0 Å². The number of allylic oxidation sites excluding steroid dienone is 1. The normalized spacial score (nSPS) is 16.8. The Kier molecular flexibility index (Phi) is 5.62. The van der Waals surface area contributed by atoms with E-state index in [0.717, 1.165) is 17.8 Å². The molecule has 5 heteroatoms. The van der Waals surface area contributed by atoms with Gasteiger partial charge in [0.2, 0.25) is 0 Å². The first-order valence-corrected chi connectivity index (χ1v) is 9.47. The average molecular weight is 390 g/mol. The molecule has 1 aliphatic rings. The number of nitrogens with zero attached hydrogens (tertiary/aromatic N) is 2. The van der Waals surface area contributed by atoms with Gasteiger partial charge in [-0.05, 0) is 50.6 Å². The number of piperidine rings is 1. The molecular formula is C24H23FN2O2. The summed E-state index contributed by atoms with van der Waals surface area (Å²) in [4.78, 5) is 14.7. The van der Waals surface area contributed by atoms with Gasteiger partial charge in [0.25, 0.3) is 5.91 Å². The Morgan fingerprint density at radius 2 is 1.97 bits per heavy atom. The van der Waals surface area contributed by atoms with Gasteiger partial charge >= 0.3 is 0 Å². The Balaban J connectivity index is 1.76. The number of carbonyl (C=O) groups excluding carboxylic acids is 1. The number of halogens is 1. The van der Waals surface area contributed by atoms with Gasteiger partial charge in [0.05, 0.1) is 17.2 Å². The van der Waals surface area contributed by atoms with Crippen LogP contribution in [0.25, 0.3) is 0 Å². The predicted molar refractivity (Wildman–Crippen MR) is 109 cm³/mol. The van der Waals surface area contributed by atoms with E-state index in [-0.39, 0.29) is 16.9 Å². The van der Waals surface area contributed by atoms with Crippen molar-refractivity contribution in [3.8, 4) is 17.9 Å². The lowest BCUT2D eigenvalue weighted by atomic mass is 9.78. The molecule has 0 bridgehead atoms. The molecule has 29 heavy (non-hydrogen) atoms. The van der Waals surface area contributed by atoms with E-state index in [1.807, 2.05) is 24.0 Å². The maximum absolute atomic E-state index is 13.5. The minimum atomic E-state index is -0.474. The van der Waals surface area contributed by atoms with Crippen molar-refractivity contribution in [2.75, 3.05) is 13.1 Å². The Bertz CT molecular complexity index is 1090. The molecule has 2 heterocycles. The first-order chi connectivity index (χ1) is 13.7. The fourth-order valence-corrected chi connectivity index (χ4v) is 3.64. The van der Waals surface area contributed by atoms with Gasteiger partial charge in [-0.25, -0.2) is 4.39 Å². The first-order valence-electron chi connectivity index (χ1n) is 9.47. The van der Waals surface area contributed by atoms with Crippen LogP contribution < -0.4 is 0 Å². The van der Waals surface area contributed by atoms with Crippen LogP contribution in [0.1, 0.15) is 53.3 Å². The van der Waals surface area contributed by atoms with E-state index >= 15 is 0 Å². The molecule has 2 aromatic rings. The molecule has 3 rings (SSSR count). The van der Waals surface area contributed by atoms with Crippen molar-refractivity contribution in [3.05, 3.63) is 69.9 Å². The number of amides is 1. The molecule has 1 aromatic heterocycles. The second-order valence-electron chi connectivity index (χ2n) is 7.97. The average Bonchev–Trinajstić information content (AvgIpc) is 2.99. The fraction of sp³-hybridized carbons (Fsp3) is 0.333. The first kappa shape index (κ1) is 20.4. The highest BCUT2D eigenvalue weighted by molar-refractivity contribution is 5.95. The molecule has 1 fully saturated rings. The Morgan fingerprint density at radius 1 is 1.24 bits per heavy atom. The van der Waals surface area contributed by atoms with Crippen LogP contribution in [0, 0.1) is 48.3 Å². The van der Waals surface area contributed by atoms with E-state index in [0.29, 0.717) is 30.0 Å². The SMILES string of the molecule is Cc1cc(C(=O)N2CC/C(=C\C#Cc3cc(F)cc(C#N)c3)C(C)(C)C2)c(C)o1. The molecule has 0 saturated carbocycles. The minimum Gasteiger partial charge on any atom is -0.466 e. The Hall–Kier alpha value is -3.31. The molecule has 0 N–H and O–H groups in total. The third-order valence-corrected chi connectivity index (χ3v) is 5.15. The summed E-state index contributed by atoms with van der Waals surface area (Å²) in [6, 6.07) is 7.78. The summed E-state index contributed by atoms with van der Waals surface area (Å²) in [7, 11) is 0. The summed E-state index contributed by atoms with van der Waals surface area (Å²) in [5.74, 6) is 6.78. The Morgan fingerprint density at radius 3 is 2.59 bits per heavy atom. The molecule has 0 radical (unpaired) electrons. The van der Waals surface area contributed by atoms with Crippen molar-refractivity contribution >= 4 is 5.91 Å². The maximum Gasteiger partial charge on any atom is 0.257 e. The van der Waals surface area contributed by atoms with Crippen LogP contribution in [0.3, 0.4) is 0 Å². The maximum atomic E-state index is 13.5. The van der Waals surface area contributed by atoms with Crippen molar-refractivity contribution in [1.82, 2.24) is 4.90 Å². The molecule has 0 aliphatic carbocycles. The lowest BCUT2D eigenvalue weighted by Gasteiger charge is -2.40. The second-order valence-corrected chi connectivity index (χ2v) is 7.97. The van der Waals surface area contributed by atoms with Crippen molar-refractivity contribution in [3.63, 3.8) is 0 Å². The van der Waals surface area contributed by atoms with E-state index in [2.05, 4.69) is 25.7 Å². The predicted octanol–water partition coefficient (Wildman–Crippen LogP) is 4.76. The smallest absolute Gasteiger partial charge is 0.257 e. The van der Waals surface area contributed by atoms with E-state index in [1.54, 1.807) is 19.1 Å². The van der Waals surface area contributed by atoms with Crippen LogP contribution in [0.15, 0.2) is 40.3 Å². The molecule has 148 valence electrons. The van der Waals surface area contributed by atoms with Crippen LogP contribution in [-0.4, -0.2) is 23.9 Å². The number of likely N-dealkylation sites (tertiary alicyclic amines) is 1. The summed E-state index contributed by atoms with van der Waals surface area (Å²) in [5, 5.41) is 8.94. The lowest BCUT2D eigenvalue weighted by Crippen LogP contribution is -2.45. The minimum absolute atomic E-state index is 0.0126. The number of rotatable bonds is 1. The third kappa shape index (κ3) is 4.58. The highest BCUT2D eigenvalue weighted by Gasteiger charge is 2.34. The van der Waals surface area contributed by atoms with E-state index in [4.69, 9.17) is 9.68 Å². The molecule has 0 unspecified atom stereocenters. The lowest BCUT2D eigenvalue weighted by molar-refractivity contribution is 0.0661. The van der Waals surface area contributed by atoms with Gasteiger partial charge < -0.3 is 9.32 Å². The van der Waals surface area contributed by atoms with Crippen LogP contribution >= 0.6 is 0 Å². The van der Waals surface area contributed by atoms with Crippen molar-refractivity contribution in [2.45, 2.75) is 34.1 Å². The van der Waals surface area contributed by atoms with Gasteiger partial charge in [0.1, 0.15) is 17.3 Å². The van der Waals surface area contributed by atoms with Crippen LogP contribution in [0.5, 0.6) is 0 Å². The number of benzene rings is 1. The van der Waals surface area contributed by atoms with Gasteiger partial charge in [-0.3, -0.25) is 4.79 Å². The molecule has 4 nitrogen and oxygen atoms in total. The van der Waals surface area contributed by atoms with E-state index in [9.17, 15) is 9.18 Å². The van der Waals surface area contributed by atoms with Crippen LogP contribution in [0.2, 0.25) is 0 Å². The summed E-state index contributed by atoms with van der Waals surface area (Å²) < 4.78 is 19.0. The van der Waals surface area contributed by atoms with Crippen molar-refractivity contribution < 1.29 is 13.6 Å². The summed E-state index contributed by atoms with van der Waals surface area (Å²) in [5.41, 5.74) is 2.25. The van der Waals surface area contributed by atoms with E-state index < -0.39 is 5.82 Å². The highest BCUT2D eigenvalue weighted by atomic mass is 19.1. The van der Waals surface area contributed by atoms with Gasteiger partial charge in [-0.1, -0.05) is 31.3 Å². The van der Waals surface area contributed by atoms with Gasteiger partial charge in [-0.2, -0.15) is 5.26 Å². The zero-order chi connectivity index (χ0) is 21.2. The van der Waals surface area contributed by atoms with Gasteiger partial charge in [0.15, 0.2) is 0 Å². The summed E-state index contributed by atoms with van der Waals surface area (Å²) in [6.45, 7) is 9.01. The van der Waals surface area contributed by atoms with Crippen molar-refractivity contribution in [1.29, 1.82) is 5.26 Å². The summed E-state index contributed by atoms with van der Waals surface area (Å²) in [6.07, 6.45) is 2.57. The second kappa shape index (κ2) is 7.97. The standard InChI is InChI=1S/C24H23FN2O2/c1-16-10-22(17(2)29-16)23(28)27-9-8-20(24(3,4)15-27)7-5-6-18-11-19(14-26)13-21(25)12-18/h7,10-13H,8-9,15H2,1-4H3/b20-7+. The fourth-order valence-electron chi connectivity index (χ4n) is 3.64. The molecule has 0 atom stereocenters. The third-order valence-electron chi connectivity index (χ3n) is 5.15. The summed E-state index contributed by atoms with van der Waals surface area (Å²) >= 11 is 0.